The summed E-state index contributed by atoms with van der Waals surface area (Å²) in [6.07, 6.45) is 0. The highest BCUT2D eigenvalue weighted by atomic mass is 15.1. The Morgan fingerprint density at radius 1 is 0.262 bits per heavy atom. The second-order valence-electron chi connectivity index (χ2n) is 17.9. The number of fused-ring (bicyclic) bond motifs is 16. The van der Waals surface area contributed by atoms with E-state index in [4.69, 9.17) is 0 Å². The molecule has 11 aromatic carbocycles. The Kier molecular flexibility index (Phi) is 7.59. The van der Waals surface area contributed by atoms with E-state index in [1.807, 2.05) is 0 Å². The van der Waals surface area contributed by atoms with Crippen LogP contribution in [0.25, 0.3) is 54.9 Å². The van der Waals surface area contributed by atoms with Gasteiger partial charge in [-0.1, -0.05) is 218 Å². The first kappa shape index (κ1) is 36.2. The van der Waals surface area contributed by atoms with E-state index < -0.39 is 10.8 Å². The third-order valence-corrected chi connectivity index (χ3v) is 14.9. The van der Waals surface area contributed by atoms with Gasteiger partial charge in [-0.15, -0.1) is 0 Å². The molecule has 0 heterocycles. The molecule has 3 aliphatic carbocycles. The van der Waals surface area contributed by atoms with E-state index in [0.29, 0.717) is 0 Å². The fraction of sp³-hybridized carbons (Fsp3) is 0.0312. The van der Waals surface area contributed by atoms with Crippen molar-refractivity contribution in [2.45, 2.75) is 10.8 Å². The lowest BCUT2D eigenvalue weighted by molar-refractivity contribution is 0.768. The van der Waals surface area contributed by atoms with E-state index in [9.17, 15) is 0 Å². The van der Waals surface area contributed by atoms with Gasteiger partial charge in [0.25, 0.3) is 0 Å². The van der Waals surface area contributed by atoms with Gasteiger partial charge in [0.2, 0.25) is 0 Å². The maximum absolute atomic E-state index is 2.56. The lowest BCUT2D eigenvalue weighted by atomic mass is 9.67. The first-order chi connectivity index (χ1) is 32.3. The van der Waals surface area contributed by atoms with E-state index >= 15 is 0 Å². The molecule has 0 saturated heterocycles. The van der Waals surface area contributed by atoms with Crippen LogP contribution in [0, 0.1) is 0 Å². The molecular weight excluding hydrogens is 783 g/mol. The number of anilines is 3. The van der Waals surface area contributed by atoms with Gasteiger partial charge in [0.15, 0.2) is 0 Å². The molecule has 11 aromatic rings. The quantitative estimate of drug-likeness (QED) is 0.156. The van der Waals surface area contributed by atoms with Crippen LogP contribution in [0.2, 0.25) is 0 Å². The number of hydrogen-bond donors (Lipinski definition) is 0. The molecule has 1 nitrogen and oxygen atoms in total. The van der Waals surface area contributed by atoms with Gasteiger partial charge in [-0.25, -0.2) is 0 Å². The second-order valence-corrected chi connectivity index (χ2v) is 17.9. The van der Waals surface area contributed by atoms with Crippen molar-refractivity contribution in [2.24, 2.45) is 0 Å². The highest BCUT2D eigenvalue weighted by Crippen LogP contribution is 2.65. The van der Waals surface area contributed by atoms with Crippen molar-refractivity contribution in [2.75, 3.05) is 4.90 Å². The van der Waals surface area contributed by atoms with Crippen molar-refractivity contribution in [1.82, 2.24) is 0 Å². The normalized spacial score (nSPS) is 14.1. The molecule has 14 rings (SSSR count). The third kappa shape index (κ3) is 4.77. The predicted molar refractivity (Wildman–Crippen MR) is 270 cm³/mol. The Morgan fingerprint density at radius 2 is 0.723 bits per heavy atom. The Morgan fingerprint density at radius 3 is 1.38 bits per heavy atom. The molecule has 0 radical (unpaired) electrons. The Bertz CT molecular complexity index is 3650. The highest BCUT2D eigenvalue weighted by molar-refractivity contribution is 6.09. The van der Waals surface area contributed by atoms with Crippen LogP contribution >= 0.6 is 0 Å². The summed E-state index contributed by atoms with van der Waals surface area (Å²) in [7, 11) is 0. The molecule has 0 aliphatic heterocycles. The first-order valence-electron chi connectivity index (χ1n) is 22.8. The van der Waals surface area contributed by atoms with E-state index in [0.717, 1.165) is 17.1 Å². The van der Waals surface area contributed by atoms with Gasteiger partial charge in [0.1, 0.15) is 0 Å². The minimum absolute atomic E-state index is 0.460. The van der Waals surface area contributed by atoms with Crippen LogP contribution in [0.3, 0.4) is 0 Å². The maximum Gasteiger partial charge on any atom is 0.0726 e. The number of benzene rings is 11. The van der Waals surface area contributed by atoms with Crippen LogP contribution in [0.15, 0.2) is 249 Å². The van der Waals surface area contributed by atoms with Crippen LogP contribution in [0.4, 0.5) is 17.1 Å². The van der Waals surface area contributed by atoms with Gasteiger partial charge in [-0.05, 0) is 124 Å². The zero-order valence-corrected chi connectivity index (χ0v) is 35.6. The fourth-order valence-electron chi connectivity index (χ4n) is 12.4. The summed E-state index contributed by atoms with van der Waals surface area (Å²) in [6, 6.07) is 93.4. The third-order valence-electron chi connectivity index (χ3n) is 14.9. The number of rotatable bonds is 5. The molecule has 302 valence electrons. The minimum atomic E-state index is -0.537. The summed E-state index contributed by atoms with van der Waals surface area (Å²) in [4.78, 5) is 2.56. The first-order valence-corrected chi connectivity index (χ1v) is 22.8. The second kappa shape index (κ2) is 13.6. The molecule has 1 heteroatoms. The van der Waals surface area contributed by atoms with Gasteiger partial charge in [0, 0.05) is 16.9 Å². The molecule has 0 fully saturated rings. The minimum Gasteiger partial charge on any atom is -0.310 e. The van der Waals surface area contributed by atoms with Gasteiger partial charge in [0.05, 0.1) is 16.5 Å². The SMILES string of the molecule is c1ccc(C2(c3ccccc3)c3ccccc3-c3ccc(N(c4ccc5c(ccc6ccccc65)c4)c4cccc5c4-c4ccccc4C54c5ccccc5-c5ccccc54)cc32)cc1. The van der Waals surface area contributed by atoms with Crippen molar-refractivity contribution < 1.29 is 0 Å². The molecular formula is C64H41N. The zero-order chi connectivity index (χ0) is 42.7. The summed E-state index contributed by atoms with van der Waals surface area (Å²) >= 11 is 0. The summed E-state index contributed by atoms with van der Waals surface area (Å²) in [6.45, 7) is 0. The predicted octanol–water partition coefficient (Wildman–Crippen LogP) is 16.2. The monoisotopic (exact) mass is 823 g/mol. The summed E-state index contributed by atoms with van der Waals surface area (Å²) in [5.41, 5.74) is 20.6. The Hall–Kier alpha value is -8.26. The van der Waals surface area contributed by atoms with E-state index in [1.165, 1.54) is 99.4 Å². The van der Waals surface area contributed by atoms with Crippen LogP contribution in [-0.2, 0) is 10.8 Å². The number of nitrogens with zero attached hydrogens (tertiary/aromatic N) is 1. The van der Waals surface area contributed by atoms with Gasteiger partial charge in [-0.2, -0.15) is 0 Å². The van der Waals surface area contributed by atoms with Crippen LogP contribution in [0.1, 0.15) is 44.5 Å². The molecule has 1 spiro atoms. The lowest BCUT2D eigenvalue weighted by Crippen LogP contribution is -2.28. The Balaban J connectivity index is 1.08. The van der Waals surface area contributed by atoms with E-state index in [1.54, 1.807) is 0 Å². The van der Waals surface area contributed by atoms with Crippen LogP contribution in [-0.4, -0.2) is 0 Å². The molecule has 0 N–H and O–H groups in total. The molecule has 65 heavy (non-hydrogen) atoms. The lowest BCUT2D eigenvalue weighted by Gasteiger charge is -2.35. The van der Waals surface area contributed by atoms with Gasteiger partial charge >= 0.3 is 0 Å². The maximum atomic E-state index is 2.56. The van der Waals surface area contributed by atoms with Crippen molar-refractivity contribution in [3.8, 4) is 33.4 Å². The standard InChI is InChI=1S/C64H41N/c1-3-19-44(20-4-1)63(45-21-5-2-6-22-45)55-28-13-9-26-52(55)53-39-37-47(41-60(53)63)65(46-36-38-49-43(40-46)35-34-42-18-7-8-23-48(42)49)61-33-17-32-59-62(61)54-27-12-16-31-58(54)64(59)56-29-14-10-24-50(56)51-25-11-15-30-57(51)64/h1-41H. The van der Waals surface area contributed by atoms with Gasteiger partial charge in [-0.3, -0.25) is 0 Å². The highest BCUT2D eigenvalue weighted by Gasteiger charge is 2.52. The molecule has 0 saturated carbocycles. The average molecular weight is 824 g/mol. The molecule has 0 unspecified atom stereocenters. The van der Waals surface area contributed by atoms with Crippen molar-refractivity contribution in [3.05, 3.63) is 293 Å². The molecule has 3 aliphatic rings. The van der Waals surface area contributed by atoms with Gasteiger partial charge < -0.3 is 4.90 Å². The number of hydrogen-bond acceptors (Lipinski definition) is 1. The largest absolute Gasteiger partial charge is 0.310 e. The molecule has 0 atom stereocenters. The molecule has 0 amide bonds. The molecule has 0 bridgehead atoms. The molecule has 0 aromatic heterocycles. The fourth-order valence-corrected chi connectivity index (χ4v) is 12.4. The summed E-state index contributed by atoms with van der Waals surface area (Å²) in [5, 5.41) is 4.99. The van der Waals surface area contributed by atoms with Crippen molar-refractivity contribution in [1.29, 1.82) is 0 Å². The van der Waals surface area contributed by atoms with Crippen molar-refractivity contribution in [3.63, 3.8) is 0 Å². The Labute approximate surface area is 379 Å². The summed E-state index contributed by atoms with van der Waals surface area (Å²) in [5.74, 6) is 0. The summed E-state index contributed by atoms with van der Waals surface area (Å²) < 4.78 is 0. The zero-order valence-electron chi connectivity index (χ0n) is 35.6. The van der Waals surface area contributed by atoms with Crippen molar-refractivity contribution >= 4 is 38.6 Å². The smallest absolute Gasteiger partial charge is 0.0726 e. The van der Waals surface area contributed by atoms with Crippen LogP contribution in [0.5, 0.6) is 0 Å². The van der Waals surface area contributed by atoms with E-state index in [2.05, 4.69) is 254 Å². The van der Waals surface area contributed by atoms with E-state index in [-0.39, 0.29) is 0 Å². The average Bonchev–Trinajstić information content (AvgIpc) is 3.97. The van der Waals surface area contributed by atoms with Crippen LogP contribution < -0.4 is 4.90 Å². The topological polar surface area (TPSA) is 3.24 Å².